The second-order valence-corrected chi connectivity index (χ2v) is 4.37. The van der Waals surface area contributed by atoms with E-state index >= 15 is 0 Å². The summed E-state index contributed by atoms with van der Waals surface area (Å²) in [6, 6.07) is 0.489. The molecular formula is C9H12N2O2S. The van der Waals surface area contributed by atoms with Crippen molar-refractivity contribution in [1.82, 2.24) is 10.3 Å². The van der Waals surface area contributed by atoms with Crippen molar-refractivity contribution < 1.29 is 9.90 Å². The maximum Gasteiger partial charge on any atom is 0.355 e. The minimum absolute atomic E-state index is 0.169. The number of aromatic nitrogens is 1. The molecule has 0 saturated carbocycles. The lowest BCUT2D eigenvalue weighted by molar-refractivity contribution is 0.0691. The Morgan fingerprint density at radius 2 is 2.64 bits per heavy atom. The summed E-state index contributed by atoms with van der Waals surface area (Å²) in [7, 11) is 0. The van der Waals surface area contributed by atoms with Crippen LogP contribution >= 0.6 is 11.3 Å². The Kier molecular flexibility index (Phi) is 2.79. The van der Waals surface area contributed by atoms with Gasteiger partial charge in [0.2, 0.25) is 0 Å². The highest BCUT2D eigenvalue weighted by Crippen LogP contribution is 2.16. The molecule has 2 heterocycles. The van der Waals surface area contributed by atoms with Crippen LogP contribution in [0.1, 0.15) is 28.3 Å². The van der Waals surface area contributed by atoms with Gasteiger partial charge in [-0.1, -0.05) is 0 Å². The molecule has 2 rings (SSSR count). The SMILES string of the molecule is O=C(O)c1csc(CC2CCCN2)n1. The van der Waals surface area contributed by atoms with Crippen LogP contribution in [0.2, 0.25) is 0 Å². The van der Waals surface area contributed by atoms with Crippen LogP contribution in [-0.4, -0.2) is 28.6 Å². The normalized spacial score (nSPS) is 21.3. The Morgan fingerprint density at radius 1 is 1.79 bits per heavy atom. The van der Waals surface area contributed by atoms with Gasteiger partial charge in [-0.05, 0) is 19.4 Å². The van der Waals surface area contributed by atoms with E-state index in [4.69, 9.17) is 5.11 Å². The first-order chi connectivity index (χ1) is 6.75. The van der Waals surface area contributed by atoms with Crippen LogP contribution in [0.4, 0.5) is 0 Å². The highest BCUT2D eigenvalue weighted by atomic mass is 32.1. The molecular weight excluding hydrogens is 200 g/mol. The average molecular weight is 212 g/mol. The van der Waals surface area contributed by atoms with Crippen molar-refractivity contribution in [3.05, 3.63) is 16.1 Å². The molecule has 0 bridgehead atoms. The number of carboxylic acids is 1. The number of aromatic carboxylic acids is 1. The molecule has 2 N–H and O–H groups in total. The Morgan fingerprint density at radius 3 is 3.21 bits per heavy atom. The fourth-order valence-electron chi connectivity index (χ4n) is 1.64. The van der Waals surface area contributed by atoms with E-state index in [0.717, 1.165) is 18.0 Å². The summed E-state index contributed by atoms with van der Waals surface area (Å²) in [5, 5.41) is 14.6. The molecule has 1 saturated heterocycles. The zero-order valence-corrected chi connectivity index (χ0v) is 8.51. The van der Waals surface area contributed by atoms with Gasteiger partial charge in [0.1, 0.15) is 0 Å². The van der Waals surface area contributed by atoms with E-state index in [-0.39, 0.29) is 5.69 Å². The predicted octanol–water partition coefficient (Wildman–Crippen LogP) is 1.14. The molecule has 0 amide bonds. The van der Waals surface area contributed by atoms with E-state index in [9.17, 15) is 4.79 Å². The number of carbonyl (C=O) groups is 1. The number of hydrogen-bond donors (Lipinski definition) is 2. The first-order valence-corrected chi connectivity index (χ1v) is 5.55. The van der Waals surface area contributed by atoms with Crippen molar-refractivity contribution in [1.29, 1.82) is 0 Å². The summed E-state index contributed by atoms with van der Waals surface area (Å²) in [5.41, 5.74) is 0.169. The molecule has 1 atom stereocenters. The molecule has 0 radical (unpaired) electrons. The van der Waals surface area contributed by atoms with Gasteiger partial charge in [0.25, 0.3) is 0 Å². The Hall–Kier alpha value is -0.940. The van der Waals surface area contributed by atoms with E-state index in [2.05, 4.69) is 10.3 Å². The third-order valence-electron chi connectivity index (χ3n) is 2.35. The van der Waals surface area contributed by atoms with Crippen LogP contribution in [0.5, 0.6) is 0 Å². The third kappa shape index (κ3) is 2.10. The molecule has 4 nitrogen and oxygen atoms in total. The molecule has 1 aromatic heterocycles. The first-order valence-electron chi connectivity index (χ1n) is 4.67. The lowest BCUT2D eigenvalue weighted by Gasteiger charge is -2.05. The molecule has 1 unspecified atom stereocenters. The topological polar surface area (TPSA) is 62.2 Å². The van der Waals surface area contributed by atoms with Crippen molar-refractivity contribution in [2.75, 3.05) is 6.54 Å². The quantitative estimate of drug-likeness (QED) is 0.788. The van der Waals surface area contributed by atoms with Gasteiger partial charge < -0.3 is 10.4 Å². The predicted molar refractivity (Wildman–Crippen MR) is 53.8 cm³/mol. The second-order valence-electron chi connectivity index (χ2n) is 3.43. The fraction of sp³-hybridized carbons (Fsp3) is 0.556. The van der Waals surface area contributed by atoms with Crippen LogP contribution < -0.4 is 5.32 Å². The van der Waals surface area contributed by atoms with Gasteiger partial charge in [-0.2, -0.15) is 0 Å². The smallest absolute Gasteiger partial charge is 0.355 e. The molecule has 1 fully saturated rings. The van der Waals surface area contributed by atoms with E-state index in [1.165, 1.54) is 24.2 Å². The molecule has 1 aromatic rings. The summed E-state index contributed by atoms with van der Waals surface area (Å²) in [5.74, 6) is -0.938. The molecule has 14 heavy (non-hydrogen) atoms. The van der Waals surface area contributed by atoms with Crippen molar-refractivity contribution in [2.24, 2.45) is 0 Å². The fourth-order valence-corrected chi connectivity index (χ4v) is 2.49. The number of rotatable bonds is 3. The van der Waals surface area contributed by atoms with Crippen LogP contribution in [0.25, 0.3) is 0 Å². The summed E-state index contributed by atoms with van der Waals surface area (Å²) < 4.78 is 0. The van der Waals surface area contributed by atoms with Gasteiger partial charge in [-0.25, -0.2) is 9.78 Å². The molecule has 76 valence electrons. The summed E-state index contributed by atoms with van der Waals surface area (Å²) in [6.07, 6.45) is 3.24. The van der Waals surface area contributed by atoms with Crippen LogP contribution in [0, 0.1) is 0 Å². The van der Waals surface area contributed by atoms with E-state index in [1.54, 1.807) is 5.38 Å². The van der Waals surface area contributed by atoms with Gasteiger partial charge in [0, 0.05) is 17.8 Å². The average Bonchev–Trinajstić information content (AvgIpc) is 2.75. The molecule has 0 aromatic carbocycles. The Balaban J connectivity index is 1.98. The van der Waals surface area contributed by atoms with Gasteiger partial charge in [-0.15, -0.1) is 11.3 Å². The van der Waals surface area contributed by atoms with E-state index in [1.807, 2.05) is 0 Å². The lowest BCUT2D eigenvalue weighted by Crippen LogP contribution is -2.23. The molecule has 0 spiro atoms. The molecule has 1 aliphatic heterocycles. The summed E-state index contributed by atoms with van der Waals surface area (Å²) in [6.45, 7) is 1.07. The monoisotopic (exact) mass is 212 g/mol. The lowest BCUT2D eigenvalue weighted by atomic mass is 10.2. The minimum atomic E-state index is -0.938. The molecule has 0 aliphatic carbocycles. The van der Waals surface area contributed by atoms with Crippen molar-refractivity contribution in [2.45, 2.75) is 25.3 Å². The van der Waals surface area contributed by atoms with Gasteiger partial charge in [0.05, 0.1) is 5.01 Å². The number of nitrogens with one attached hydrogen (secondary N) is 1. The number of hydrogen-bond acceptors (Lipinski definition) is 4. The maximum absolute atomic E-state index is 10.6. The largest absolute Gasteiger partial charge is 0.476 e. The first kappa shape index (κ1) is 9.61. The molecule has 1 aliphatic rings. The highest BCUT2D eigenvalue weighted by Gasteiger charge is 2.17. The molecule has 5 heteroatoms. The summed E-state index contributed by atoms with van der Waals surface area (Å²) in [4.78, 5) is 14.6. The van der Waals surface area contributed by atoms with Crippen molar-refractivity contribution in [3.63, 3.8) is 0 Å². The third-order valence-corrected chi connectivity index (χ3v) is 3.23. The number of nitrogens with zero attached hydrogens (tertiary/aromatic N) is 1. The van der Waals surface area contributed by atoms with Crippen LogP contribution in [0.3, 0.4) is 0 Å². The van der Waals surface area contributed by atoms with Gasteiger partial charge in [0.15, 0.2) is 5.69 Å². The number of thiazole rings is 1. The van der Waals surface area contributed by atoms with E-state index in [0.29, 0.717) is 6.04 Å². The highest BCUT2D eigenvalue weighted by molar-refractivity contribution is 7.09. The van der Waals surface area contributed by atoms with Crippen LogP contribution in [-0.2, 0) is 6.42 Å². The van der Waals surface area contributed by atoms with Gasteiger partial charge >= 0.3 is 5.97 Å². The van der Waals surface area contributed by atoms with Crippen molar-refractivity contribution in [3.8, 4) is 0 Å². The Labute approximate surface area is 86.0 Å². The minimum Gasteiger partial charge on any atom is -0.476 e. The summed E-state index contributed by atoms with van der Waals surface area (Å²) >= 11 is 1.43. The second kappa shape index (κ2) is 4.06. The standard InChI is InChI=1S/C9H12N2O2S/c12-9(13)7-5-14-8(11-7)4-6-2-1-3-10-6/h5-6,10H,1-4H2,(H,12,13). The Bertz CT molecular complexity index is 331. The zero-order chi connectivity index (χ0) is 9.97. The van der Waals surface area contributed by atoms with Crippen molar-refractivity contribution >= 4 is 17.3 Å². The number of carboxylic acid groups (broad SMARTS) is 1. The van der Waals surface area contributed by atoms with E-state index < -0.39 is 5.97 Å². The zero-order valence-electron chi connectivity index (χ0n) is 7.69. The maximum atomic E-state index is 10.6. The van der Waals surface area contributed by atoms with Crippen LogP contribution in [0.15, 0.2) is 5.38 Å². The van der Waals surface area contributed by atoms with Gasteiger partial charge in [-0.3, -0.25) is 0 Å².